The summed E-state index contributed by atoms with van der Waals surface area (Å²) in [5.41, 5.74) is 3.08. The Morgan fingerprint density at radius 3 is 2.95 bits per heavy atom. The van der Waals surface area contributed by atoms with E-state index in [9.17, 15) is 4.79 Å². The third-order valence-electron chi connectivity index (χ3n) is 3.34. The van der Waals surface area contributed by atoms with Gasteiger partial charge in [0, 0.05) is 27.9 Å². The first-order valence-corrected chi connectivity index (χ1v) is 7.62. The lowest BCUT2D eigenvalue weighted by atomic mass is 10.2. The van der Waals surface area contributed by atoms with Crippen LogP contribution in [-0.4, -0.2) is 16.0 Å². The number of aromatic nitrogens is 2. The largest absolute Gasteiger partial charge is 0.351 e. The zero-order valence-corrected chi connectivity index (χ0v) is 12.2. The zero-order valence-electron chi connectivity index (χ0n) is 11.4. The van der Waals surface area contributed by atoms with Gasteiger partial charge in [0.2, 0.25) is 5.88 Å². The fourth-order valence-electron chi connectivity index (χ4n) is 2.26. The number of carbonyl (C=O) groups excluding carboxylic acids is 1. The SMILES string of the molecule is O=C(Nc1cc(-c2ccsc2)no1)c1cc2ccccc2[nH]1. The number of hydrogen-bond acceptors (Lipinski definition) is 4. The standard InChI is InChI=1S/C16H11N3O2S/c20-16(14-7-10-3-1-2-4-12(10)17-14)18-15-8-13(19-21-15)11-5-6-22-9-11/h1-9,17H,(H,18,20). The summed E-state index contributed by atoms with van der Waals surface area (Å²) in [4.78, 5) is 15.3. The number of thiophene rings is 1. The van der Waals surface area contributed by atoms with Crippen molar-refractivity contribution in [1.29, 1.82) is 0 Å². The van der Waals surface area contributed by atoms with Crippen LogP contribution in [0, 0.1) is 0 Å². The molecule has 0 spiro atoms. The van der Waals surface area contributed by atoms with Gasteiger partial charge in [0.15, 0.2) is 0 Å². The summed E-state index contributed by atoms with van der Waals surface area (Å²) in [6, 6.07) is 13.2. The molecule has 108 valence electrons. The van der Waals surface area contributed by atoms with Gasteiger partial charge in [-0.1, -0.05) is 23.4 Å². The summed E-state index contributed by atoms with van der Waals surface area (Å²) in [6.07, 6.45) is 0. The Labute approximate surface area is 129 Å². The molecule has 5 nitrogen and oxygen atoms in total. The Balaban J connectivity index is 1.56. The summed E-state index contributed by atoms with van der Waals surface area (Å²) in [6.45, 7) is 0. The van der Waals surface area contributed by atoms with Gasteiger partial charge in [-0.25, -0.2) is 0 Å². The first-order chi connectivity index (χ1) is 10.8. The monoisotopic (exact) mass is 309 g/mol. The van der Waals surface area contributed by atoms with Crippen molar-refractivity contribution < 1.29 is 9.32 Å². The molecule has 6 heteroatoms. The molecule has 3 aromatic heterocycles. The van der Waals surface area contributed by atoms with Crippen molar-refractivity contribution in [3.8, 4) is 11.3 Å². The van der Waals surface area contributed by atoms with Crippen LogP contribution in [0.2, 0.25) is 0 Å². The van der Waals surface area contributed by atoms with Gasteiger partial charge in [-0.05, 0) is 23.6 Å². The summed E-state index contributed by atoms with van der Waals surface area (Å²) in [7, 11) is 0. The lowest BCUT2D eigenvalue weighted by Crippen LogP contribution is -2.11. The Hall–Kier alpha value is -2.86. The highest BCUT2D eigenvalue weighted by Gasteiger charge is 2.13. The predicted molar refractivity (Wildman–Crippen MR) is 86.1 cm³/mol. The molecule has 3 heterocycles. The Kier molecular flexibility index (Phi) is 3.01. The summed E-state index contributed by atoms with van der Waals surface area (Å²) in [5.74, 6) is 0.0640. The van der Waals surface area contributed by atoms with Crippen molar-refractivity contribution in [2.75, 3.05) is 5.32 Å². The zero-order chi connectivity index (χ0) is 14.9. The number of anilines is 1. The first-order valence-electron chi connectivity index (χ1n) is 6.68. The molecule has 0 bridgehead atoms. The fraction of sp³-hybridized carbons (Fsp3) is 0. The van der Waals surface area contributed by atoms with Crippen LogP contribution in [0.1, 0.15) is 10.5 Å². The Morgan fingerprint density at radius 1 is 1.23 bits per heavy atom. The molecular weight excluding hydrogens is 298 g/mol. The average molecular weight is 309 g/mol. The molecule has 2 N–H and O–H groups in total. The minimum Gasteiger partial charge on any atom is -0.351 e. The van der Waals surface area contributed by atoms with Crippen molar-refractivity contribution in [2.45, 2.75) is 0 Å². The lowest BCUT2D eigenvalue weighted by Gasteiger charge is -1.97. The number of carbonyl (C=O) groups is 1. The van der Waals surface area contributed by atoms with Crippen LogP contribution < -0.4 is 5.32 Å². The van der Waals surface area contributed by atoms with Crippen LogP contribution in [-0.2, 0) is 0 Å². The van der Waals surface area contributed by atoms with E-state index < -0.39 is 0 Å². The second kappa shape index (κ2) is 5.16. The van der Waals surface area contributed by atoms with Crippen LogP contribution in [0.4, 0.5) is 5.88 Å². The van der Waals surface area contributed by atoms with Crippen LogP contribution in [0.3, 0.4) is 0 Å². The van der Waals surface area contributed by atoms with E-state index in [0.717, 1.165) is 16.5 Å². The third-order valence-corrected chi connectivity index (χ3v) is 4.02. The molecule has 0 saturated heterocycles. The molecule has 4 rings (SSSR count). The Bertz CT molecular complexity index is 904. The van der Waals surface area contributed by atoms with Crippen LogP contribution >= 0.6 is 11.3 Å². The van der Waals surface area contributed by atoms with Crippen molar-refractivity contribution in [3.05, 3.63) is 58.9 Å². The quantitative estimate of drug-likeness (QED) is 0.597. The topological polar surface area (TPSA) is 70.9 Å². The highest BCUT2D eigenvalue weighted by Crippen LogP contribution is 2.24. The van der Waals surface area contributed by atoms with Gasteiger partial charge in [-0.2, -0.15) is 11.3 Å². The maximum atomic E-state index is 12.3. The van der Waals surface area contributed by atoms with E-state index in [1.54, 1.807) is 23.5 Å². The molecule has 4 aromatic rings. The highest BCUT2D eigenvalue weighted by molar-refractivity contribution is 7.08. The second-order valence-corrected chi connectivity index (χ2v) is 5.59. The van der Waals surface area contributed by atoms with E-state index in [2.05, 4.69) is 15.5 Å². The number of aromatic amines is 1. The summed E-state index contributed by atoms with van der Waals surface area (Å²) < 4.78 is 5.16. The van der Waals surface area contributed by atoms with Gasteiger partial charge in [0.1, 0.15) is 11.4 Å². The lowest BCUT2D eigenvalue weighted by molar-refractivity contribution is 0.102. The molecule has 1 amide bonds. The summed E-state index contributed by atoms with van der Waals surface area (Å²) in [5, 5.41) is 11.6. The molecular formula is C16H11N3O2S. The minimum atomic E-state index is -0.260. The van der Waals surface area contributed by atoms with Crippen LogP contribution in [0.25, 0.3) is 22.2 Å². The van der Waals surface area contributed by atoms with Gasteiger partial charge in [-0.3, -0.25) is 10.1 Å². The van der Waals surface area contributed by atoms with Crippen molar-refractivity contribution >= 4 is 34.0 Å². The number of H-pyrrole nitrogens is 1. The van der Waals surface area contributed by atoms with E-state index in [-0.39, 0.29) is 5.91 Å². The highest BCUT2D eigenvalue weighted by atomic mass is 32.1. The fourth-order valence-corrected chi connectivity index (χ4v) is 2.90. The van der Waals surface area contributed by atoms with Gasteiger partial charge in [0.25, 0.3) is 5.91 Å². The van der Waals surface area contributed by atoms with E-state index in [0.29, 0.717) is 17.3 Å². The summed E-state index contributed by atoms with van der Waals surface area (Å²) >= 11 is 1.58. The predicted octanol–water partition coefficient (Wildman–Crippen LogP) is 4.14. The minimum absolute atomic E-state index is 0.260. The van der Waals surface area contributed by atoms with Crippen molar-refractivity contribution in [3.63, 3.8) is 0 Å². The number of benzene rings is 1. The number of fused-ring (bicyclic) bond motifs is 1. The molecule has 0 fully saturated rings. The number of amides is 1. The molecule has 0 atom stereocenters. The van der Waals surface area contributed by atoms with E-state index in [1.807, 2.05) is 41.1 Å². The van der Waals surface area contributed by atoms with Gasteiger partial charge in [-0.15, -0.1) is 0 Å². The number of para-hydroxylation sites is 1. The number of nitrogens with one attached hydrogen (secondary N) is 2. The molecule has 22 heavy (non-hydrogen) atoms. The normalized spacial score (nSPS) is 10.9. The molecule has 0 saturated carbocycles. The van der Waals surface area contributed by atoms with Crippen molar-refractivity contribution in [1.82, 2.24) is 10.1 Å². The molecule has 0 aliphatic heterocycles. The van der Waals surface area contributed by atoms with Crippen LogP contribution in [0.5, 0.6) is 0 Å². The molecule has 1 aromatic carbocycles. The van der Waals surface area contributed by atoms with Gasteiger partial charge in [0.05, 0.1) is 0 Å². The molecule has 0 radical (unpaired) electrons. The molecule has 0 aliphatic carbocycles. The van der Waals surface area contributed by atoms with E-state index in [1.165, 1.54) is 0 Å². The van der Waals surface area contributed by atoms with E-state index in [4.69, 9.17) is 4.52 Å². The Morgan fingerprint density at radius 2 is 2.14 bits per heavy atom. The first kappa shape index (κ1) is 12.8. The van der Waals surface area contributed by atoms with E-state index >= 15 is 0 Å². The van der Waals surface area contributed by atoms with Crippen molar-refractivity contribution in [2.24, 2.45) is 0 Å². The van der Waals surface area contributed by atoms with Gasteiger partial charge >= 0.3 is 0 Å². The number of hydrogen-bond donors (Lipinski definition) is 2. The maximum absolute atomic E-state index is 12.3. The number of nitrogens with zero attached hydrogens (tertiary/aromatic N) is 1. The van der Waals surface area contributed by atoms with Gasteiger partial charge < -0.3 is 9.51 Å². The maximum Gasteiger partial charge on any atom is 0.274 e. The smallest absolute Gasteiger partial charge is 0.274 e. The molecule has 0 aliphatic rings. The van der Waals surface area contributed by atoms with Crippen LogP contribution in [0.15, 0.2) is 57.7 Å². The second-order valence-electron chi connectivity index (χ2n) is 4.81. The average Bonchev–Trinajstić information content (AvgIpc) is 3.26. The molecule has 0 unspecified atom stereocenters. The number of rotatable bonds is 3. The third kappa shape index (κ3) is 2.29.